The molecule has 4 rings (SSSR count). The van der Waals surface area contributed by atoms with Crippen LogP contribution in [-0.2, 0) is 11.8 Å². The summed E-state index contributed by atoms with van der Waals surface area (Å²) in [6.07, 6.45) is 3.30. The van der Waals surface area contributed by atoms with E-state index in [2.05, 4.69) is 10.4 Å². The number of hydrogen-bond donors (Lipinski definition) is 2. The van der Waals surface area contributed by atoms with Crippen LogP contribution < -0.4 is 11.1 Å². The van der Waals surface area contributed by atoms with Gasteiger partial charge in [0.25, 0.3) is 5.91 Å². The Kier molecular flexibility index (Phi) is 6.01. The fourth-order valence-corrected chi connectivity index (χ4v) is 4.19. The molecule has 2 heterocycles. The minimum absolute atomic E-state index is 0.248. The summed E-state index contributed by atoms with van der Waals surface area (Å²) in [5, 5.41) is 8.22. The lowest BCUT2D eigenvalue weighted by Gasteiger charge is -2.33. The average Bonchev–Trinajstić information content (AvgIpc) is 3.11. The third kappa shape index (κ3) is 5.27. The van der Waals surface area contributed by atoms with Crippen molar-refractivity contribution in [1.82, 2.24) is 14.7 Å². The molecule has 2 amide bonds. The molecule has 1 saturated heterocycles. The fraction of sp³-hybridized carbons (Fsp3) is 0.400. The lowest BCUT2D eigenvalue weighted by molar-refractivity contribution is 0.0204. The average molecular weight is 450 g/mol. The number of ether oxygens (including phenoxy) is 1. The molecular formula is C25H31N5O3. The molecule has 1 aliphatic rings. The van der Waals surface area contributed by atoms with E-state index in [0.29, 0.717) is 30.0 Å². The molecule has 1 aromatic heterocycles. The number of aromatic nitrogens is 2. The number of hydrogen-bond acceptors (Lipinski definition) is 5. The van der Waals surface area contributed by atoms with Crippen LogP contribution in [0.4, 0.5) is 16.2 Å². The maximum atomic E-state index is 12.8. The second-order valence-corrected chi connectivity index (χ2v) is 9.62. The predicted octanol–water partition coefficient (Wildman–Crippen LogP) is 4.52. The van der Waals surface area contributed by atoms with Gasteiger partial charge in [-0.3, -0.25) is 9.48 Å². The Labute approximate surface area is 193 Å². The molecule has 0 spiro atoms. The Hall–Kier alpha value is -3.55. The summed E-state index contributed by atoms with van der Waals surface area (Å²) in [6, 6.07) is 11.2. The van der Waals surface area contributed by atoms with Crippen LogP contribution in [0, 0.1) is 0 Å². The van der Waals surface area contributed by atoms with Crippen LogP contribution in [0.3, 0.4) is 0 Å². The molecular weight excluding hydrogens is 418 g/mol. The summed E-state index contributed by atoms with van der Waals surface area (Å²) < 4.78 is 7.21. The van der Waals surface area contributed by atoms with Gasteiger partial charge in [-0.25, -0.2) is 4.79 Å². The van der Waals surface area contributed by atoms with E-state index >= 15 is 0 Å². The molecule has 174 valence electrons. The number of nitrogen functional groups attached to an aromatic ring is 1. The predicted molar refractivity (Wildman–Crippen MR) is 129 cm³/mol. The molecule has 0 aliphatic carbocycles. The monoisotopic (exact) mass is 449 g/mol. The van der Waals surface area contributed by atoms with Crippen molar-refractivity contribution in [3.8, 4) is 0 Å². The molecule has 0 bridgehead atoms. The normalized spacial score (nSPS) is 15.0. The molecule has 0 unspecified atom stereocenters. The van der Waals surface area contributed by atoms with E-state index < -0.39 is 5.60 Å². The Morgan fingerprint density at radius 1 is 1.12 bits per heavy atom. The van der Waals surface area contributed by atoms with Crippen molar-refractivity contribution in [3.05, 3.63) is 53.7 Å². The lowest BCUT2D eigenvalue weighted by atomic mass is 9.88. The molecule has 8 nitrogen and oxygen atoms in total. The molecule has 3 N–H and O–H groups in total. The van der Waals surface area contributed by atoms with Gasteiger partial charge in [-0.15, -0.1) is 0 Å². The first-order valence-electron chi connectivity index (χ1n) is 11.2. The van der Waals surface area contributed by atoms with E-state index in [1.807, 2.05) is 64.3 Å². The zero-order valence-corrected chi connectivity index (χ0v) is 19.6. The molecule has 1 aliphatic heterocycles. The zero-order chi connectivity index (χ0) is 23.8. The number of aryl methyl sites for hydroxylation is 1. The van der Waals surface area contributed by atoms with Gasteiger partial charge in [-0.1, -0.05) is 6.07 Å². The number of rotatable bonds is 3. The smallest absolute Gasteiger partial charge is 0.410 e. The largest absolute Gasteiger partial charge is 0.444 e. The molecule has 2 aromatic carbocycles. The number of nitrogens with two attached hydrogens (primary N) is 1. The van der Waals surface area contributed by atoms with Crippen molar-refractivity contribution >= 4 is 34.3 Å². The van der Waals surface area contributed by atoms with Crippen LogP contribution in [0.25, 0.3) is 10.9 Å². The highest BCUT2D eigenvalue weighted by atomic mass is 16.6. The minimum Gasteiger partial charge on any atom is -0.444 e. The van der Waals surface area contributed by atoms with Crippen molar-refractivity contribution in [2.45, 2.75) is 45.1 Å². The quantitative estimate of drug-likeness (QED) is 0.572. The Bertz CT molecular complexity index is 1190. The summed E-state index contributed by atoms with van der Waals surface area (Å²) >= 11 is 0. The second kappa shape index (κ2) is 8.77. The fourth-order valence-electron chi connectivity index (χ4n) is 4.19. The zero-order valence-electron chi connectivity index (χ0n) is 19.6. The van der Waals surface area contributed by atoms with Crippen LogP contribution in [-0.4, -0.2) is 45.4 Å². The number of nitrogens with one attached hydrogen (secondary N) is 1. The van der Waals surface area contributed by atoms with Gasteiger partial charge in [0.1, 0.15) is 5.60 Å². The topological polar surface area (TPSA) is 102 Å². The van der Waals surface area contributed by atoms with E-state index in [-0.39, 0.29) is 17.9 Å². The standard InChI is InChI=1S/C25H31N5O3/c1-25(2,3)33-24(32)30-11-9-16(10-12-30)17-5-7-20(21(26)14-17)23(31)27-19-6-8-22-18(13-19)15-29(4)28-22/h5-8,13-16H,9-12,26H2,1-4H3,(H,27,31). The lowest BCUT2D eigenvalue weighted by Crippen LogP contribution is -2.41. The highest BCUT2D eigenvalue weighted by Gasteiger charge is 2.28. The third-order valence-electron chi connectivity index (χ3n) is 5.82. The van der Waals surface area contributed by atoms with E-state index in [9.17, 15) is 9.59 Å². The number of benzene rings is 2. The van der Waals surface area contributed by atoms with E-state index in [4.69, 9.17) is 10.5 Å². The van der Waals surface area contributed by atoms with Gasteiger partial charge >= 0.3 is 6.09 Å². The minimum atomic E-state index is -0.497. The SMILES string of the molecule is Cn1cc2cc(NC(=O)c3ccc(C4CCN(C(=O)OC(C)(C)C)CC4)cc3N)ccc2n1. The number of carbonyl (C=O) groups is 2. The van der Waals surface area contributed by atoms with Gasteiger partial charge in [0.05, 0.1) is 11.1 Å². The summed E-state index contributed by atoms with van der Waals surface area (Å²) in [5.41, 5.74) is 9.31. The van der Waals surface area contributed by atoms with Crippen molar-refractivity contribution in [1.29, 1.82) is 0 Å². The van der Waals surface area contributed by atoms with Gasteiger partial charge < -0.3 is 20.7 Å². The number of anilines is 2. The first kappa shape index (κ1) is 22.6. The molecule has 1 fully saturated rings. The summed E-state index contributed by atoms with van der Waals surface area (Å²) in [5.74, 6) is 0.0399. The van der Waals surface area contributed by atoms with Crippen LogP contribution in [0.2, 0.25) is 0 Å². The van der Waals surface area contributed by atoms with E-state index in [1.54, 1.807) is 15.6 Å². The van der Waals surface area contributed by atoms with Crippen molar-refractivity contribution < 1.29 is 14.3 Å². The molecule has 3 aromatic rings. The van der Waals surface area contributed by atoms with Gasteiger partial charge in [0, 0.05) is 43.1 Å². The van der Waals surface area contributed by atoms with Crippen molar-refractivity contribution in [2.24, 2.45) is 7.05 Å². The molecule has 0 radical (unpaired) electrons. The van der Waals surface area contributed by atoms with Gasteiger partial charge in [0.2, 0.25) is 0 Å². The van der Waals surface area contributed by atoms with Crippen LogP contribution in [0.5, 0.6) is 0 Å². The van der Waals surface area contributed by atoms with Crippen molar-refractivity contribution in [2.75, 3.05) is 24.1 Å². The van der Waals surface area contributed by atoms with Crippen LogP contribution >= 0.6 is 0 Å². The Balaban J connectivity index is 1.39. The number of amides is 2. The van der Waals surface area contributed by atoms with Gasteiger partial charge in [-0.05, 0) is 75.4 Å². The number of piperidine rings is 1. The number of fused-ring (bicyclic) bond motifs is 1. The maximum absolute atomic E-state index is 12.8. The summed E-state index contributed by atoms with van der Waals surface area (Å²) in [4.78, 5) is 26.9. The molecule has 0 saturated carbocycles. The van der Waals surface area contributed by atoms with Crippen LogP contribution in [0.1, 0.15) is 55.5 Å². The first-order chi connectivity index (χ1) is 15.6. The Morgan fingerprint density at radius 3 is 2.52 bits per heavy atom. The maximum Gasteiger partial charge on any atom is 0.410 e. The molecule has 33 heavy (non-hydrogen) atoms. The first-order valence-corrected chi connectivity index (χ1v) is 11.2. The summed E-state index contributed by atoms with van der Waals surface area (Å²) in [6.45, 7) is 6.89. The Morgan fingerprint density at radius 2 is 1.85 bits per heavy atom. The summed E-state index contributed by atoms with van der Waals surface area (Å²) in [7, 11) is 1.86. The highest BCUT2D eigenvalue weighted by molar-refractivity contribution is 6.08. The highest BCUT2D eigenvalue weighted by Crippen LogP contribution is 2.31. The number of likely N-dealkylation sites (tertiary alicyclic amines) is 1. The third-order valence-corrected chi connectivity index (χ3v) is 5.82. The van der Waals surface area contributed by atoms with E-state index in [0.717, 1.165) is 29.3 Å². The van der Waals surface area contributed by atoms with E-state index in [1.165, 1.54) is 0 Å². The number of nitrogens with zero attached hydrogens (tertiary/aromatic N) is 3. The number of carbonyl (C=O) groups excluding carboxylic acids is 2. The van der Waals surface area contributed by atoms with Gasteiger partial charge in [-0.2, -0.15) is 5.10 Å². The molecule has 8 heteroatoms. The van der Waals surface area contributed by atoms with Gasteiger partial charge in [0.15, 0.2) is 0 Å². The van der Waals surface area contributed by atoms with Crippen molar-refractivity contribution in [3.63, 3.8) is 0 Å². The second-order valence-electron chi connectivity index (χ2n) is 9.62. The van der Waals surface area contributed by atoms with Crippen LogP contribution in [0.15, 0.2) is 42.6 Å². The molecule has 0 atom stereocenters.